The smallest absolute Gasteiger partial charge is 0.101 e. The summed E-state index contributed by atoms with van der Waals surface area (Å²) in [6.45, 7) is 0. The lowest BCUT2D eigenvalue weighted by atomic mass is 10.3. The molecule has 0 aliphatic rings. The molecule has 0 amide bonds. The first kappa shape index (κ1) is 9.80. The van der Waals surface area contributed by atoms with Gasteiger partial charge in [0.15, 0.2) is 0 Å². The summed E-state index contributed by atoms with van der Waals surface area (Å²) in [5.41, 5.74) is 6.63. The summed E-state index contributed by atoms with van der Waals surface area (Å²) in [4.78, 5) is 3.04. The van der Waals surface area contributed by atoms with Crippen LogP contribution < -0.4 is 5.73 Å². The average Bonchev–Trinajstić information content (AvgIpc) is 2.87. The summed E-state index contributed by atoms with van der Waals surface area (Å²) in [5.74, 6) is 0.723. The van der Waals surface area contributed by atoms with E-state index in [-0.39, 0.29) is 0 Å². The first-order valence-corrected chi connectivity index (χ1v) is 5.61. The number of hydrogen-bond acceptors (Lipinski definition) is 2. The van der Waals surface area contributed by atoms with Crippen molar-refractivity contribution in [1.82, 2.24) is 4.98 Å². The van der Waals surface area contributed by atoms with Crippen LogP contribution in [0.2, 0.25) is 0 Å². The van der Waals surface area contributed by atoms with Crippen LogP contribution in [0, 0.1) is 0 Å². The Bertz CT molecular complexity index is 461. The maximum atomic E-state index is 5.54. The van der Waals surface area contributed by atoms with Crippen molar-refractivity contribution < 1.29 is 0 Å². The van der Waals surface area contributed by atoms with Crippen LogP contribution in [0.1, 0.15) is 0 Å². The van der Waals surface area contributed by atoms with Crippen LogP contribution >= 0.6 is 11.3 Å². The standard InChI is InChI=1S/C8H8N2.C4H4S/c9-8-5-6-3-1-2-4-7(6)10-8;1-2-4-5-3-1/h1-5,10H,9H2;1-4H. The zero-order valence-corrected chi connectivity index (χ0v) is 9.00. The number of nitrogens with two attached hydrogens (primary N) is 1. The van der Waals surface area contributed by atoms with E-state index in [9.17, 15) is 0 Å². The highest BCUT2D eigenvalue weighted by atomic mass is 32.1. The predicted octanol–water partition coefficient (Wildman–Crippen LogP) is 3.50. The molecule has 0 spiro atoms. The summed E-state index contributed by atoms with van der Waals surface area (Å²) in [7, 11) is 0. The SMILES string of the molecule is Nc1cc2ccccc2[nH]1.c1ccsc1. The Morgan fingerprint density at radius 3 is 2.33 bits per heavy atom. The van der Waals surface area contributed by atoms with Crippen LogP contribution in [0.5, 0.6) is 0 Å². The fourth-order valence-corrected chi connectivity index (χ4v) is 1.78. The summed E-state index contributed by atoms with van der Waals surface area (Å²) in [6, 6.07) is 14.0. The number of H-pyrrole nitrogens is 1. The Balaban J connectivity index is 0.000000144. The fraction of sp³-hybridized carbons (Fsp3) is 0. The highest BCUT2D eigenvalue weighted by Gasteiger charge is 1.92. The van der Waals surface area contributed by atoms with Crippen molar-refractivity contribution in [2.24, 2.45) is 0 Å². The maximum Gasteiger partial charge on any atom is 0.101 e. The Morgan fingerprint density at radius 2 is 1.73 bits per heavy atom. The number of nitrogen functional groups attached to an aromatic ring is 1. The van der Waals surface area contributed by atoms with E-state index in [2.05, 4.69) is 4.98 Å². The Labute approximate surface area is 92.4 Å². The Morgan fingerprint density at radius 1 is 1.00 bits per heavy atom. The molecule has 2 aromatic heterocycles. The highest BCUT2D eigenvalue weighted by Crippen LogP contribution is 2.14. The van der Waals surface area contributed by atoms with Gasteiger partial charge in [0.25, 0.3) is 0 Å². The van der Waals surface area contributed by atoms with Gasteiger partial charge in [0, 0.05) is 10.9 Å². The van der Waals surface area contributed by atoms with Crippen LogP contribution in [0.3, 0.4) is 0 Å². The van der Waals surface area contributed by atoms with Crippen LogP contribution in [0.25, 0.3) is 10.9 Å². The number of rotatable bonds is 0. The number of hydrogen-bond donors (Lipinski definition) is 2. The van der Waals surface area contributed by atoms with Gasteiger partial charge < -0.3 is 10.7 Å². The largest absolute Gasteiger partial charge is 0.385 e. The summed E-state index contributed by atoms with van der Waals surface area (Å²) in [6.07, 6.45) is 0. The maximum absolute atomic E-state index is 5.54. The molecular formula is C12H12N2S. The molecule has 3 rings (SSSR count). The molecule has 76 valence electrons. The van der Waals surface area contributed by atoms with Crippen molar-refractivity contribution in [1.29, 1.82) is 0 Å². The van der Waals surface area contributed by atoms with E-state index in [1.54, 1.807) is 11.3 Å². The molecule has 0 atom stereocenters. The second kappa shape index (κ2) is 4.66. The molecule has 2 heterocycles. The molecule has 0 unspecified atom stereocenters. The van der Waals surface area contributed by atoms with Gasteiger partial charge in [-0.2, -0.15) is 11.3 Å². The van der Waals surface area contributed by atoms with Crippen LogP contribution in [0.15, 0.2) is 53.2 Å². The topological polar surface area (TPSA) is 41.8 Å². The lowest BCUT2D eigenvalue weighted by molar-refractivity contribution is 1.47. The lowest BCUT2D eigenvalue weighted by Crippen LogP contribution is -1.80. The zero-order valence-electron chi connectivity index (χ0n) is 8.18. The molecule has 2 nitrogen and oxygen atoms in total. The molecule has 1 aromatic carbocycles. The van der Waals surface area contributed by atoms with Gasteiger partial charge in [-0.15, -0.1) is 0 Å². The number of para-hydroxylation sites is 1. The Kier molecular flexibility index (Phi) is 3.05. The molecule has 3 N–H and O–H groups in total. The van der Waals surface area contributed by atoms with Gasteiger partial charge in [-0.1, -0.05) is 30.3 Å². The minimum Gasteiger partial charge on any atom is -0.385 e. The van der Waals surface area contributed by atoms with E-state index >= 15 is 0 Å². The van der Waals surface area contributed by atoms with E-state index in [4.69, 9.17) is 5.73 Å². The Hall–Kier alpha value is -1.74. The average molecular weight is 216 g/mol. The van der Waals surface area contributed by atoms with Gasteiger partial charge >= 0.3 is 0 Å². The number of benzene rings is 1. The minimum absolute atomic E-state index is 0.723. The number of fused-ring (bicyclic) bond motifs is 1. The molecule has 0 saturated carbocycles. The molecule has 0 fully saturated rings. The van der Waals surface area contributed by atoms with E-state index in [1.807, 2.05) is 53.2 Å². The molecular weight excluding hydrogens is 204 g/mol. The van der Waals surface area contributed by atoms with Crippen molar-refractivity contribution in [2.45, 2.75) is 0 Å². The second-order valence-electron chi connectivity index (χ2n) is 3.11. The number of aromatic nitrogens is 1. The molecule has 0 radical (unpaired) electrons. The minimum atomic E-state index is 0.723. The molecule has 15 heavy (non-hydrogen) atoms. The van der Waals surface area contributed by atoms with Crippen molar-refractivity contribution in [3.8, 4) is 0 Å². The van der Waals surface area contributed by atoms with Crippen molar-refractivity contribution >= 4 is 28.1 Å². The van der Waals surface area contributed by atoms with E-state index < -0.39 is 0 Å². The molecule has 3 heteroatoms. The van der Waals surface area contributed by atoms with Gasteiger partial charge in [0.05, 0.1) is 0 Å². The third kappa shape index (κ3) is 2.60. The van der Waals surface area contributed by atoms with Crippen LogP contribution in [-0.4, -0.2) is 4.98 Å². The number of aromatic amines is 1. The summed E-state index contributed by atoms with van der Waals surface area (Å²) in [5, 5.41) is 5.25. The second-order valence-corrected chi connectivity index (χ2v) is 3.92. The monoisotopic (exact) mass is 216 g/mol. The van der Waals surface area contributed by atoms with Crippen molar-refractivity contribution in [3.05, 3.63) is 53.2 Å². The first-order valence-electron chi connectivity index (χ1n) is 4.66. The third-order valence-corrected chi connectivity index (χ3v) is 2.60. The van der Waals surface area contributed by atoms with Gasteiger partial charge in [-0.25, -0.2) is 0 Å². The molecule has 0 bridgehead atoms. The van der Waals surface area contributed by atoms with E-state index in [0.717, 1.165) is 11.3 Å². The lowest BCUT2D eigenvalue weighted by Gasteiger charge is -1.83. The summed E-state index contributed by atoms with van der Waals surface area (Å²) < 4.78 is 0. The number of anilines is 1. The number of nitrogens with one attached hydrogen (secondary N) is 1. The van der Waals surface area contributed by atoms with Crippen LogP contribution in [-0.2, 0) is 0 Å². The third-order valence-electron chi connectivity index (χ3n) is 1.98. The van der Waals surface area contributed by atoms with Gasteiger partial charge in [0.2, 0.25) is 0 Å². The molecule has 0 aliphatic carbocycles. The van der Waals surface area contributed by atoms with E-state index in [0.29, 0.717) is 0 Å². The molecule has 0 aliphatic heterocycles. The number of thiophene rings is 1. The highest BCUT2D eigenvalue weighted by molar-refractivity contribution is 7.07. The quantitative estimate of drug-likeness (QED) is 0.593. The zero-order chi connectivity index (χ0) is 10.5. The van der Waals surface area contributed by atoms with Gasteiger partial charge in [-0.3, -0.25) is 0 Å². The first-order chi connectivity index (χ1) is 7.36. The predicted molar refractivity (Wildman–Crippen MR) is 67.0 cm³/mol. The summed E-state index contributed by atoms with van der Waals surface area (Å²) >= 11 is 1.71. The molecule has 0 saturated heterocycles. The van der Waals surface area contributed by atoms with Crippen LogP contribution in [0.4, 0.5) is 5.82 Å². The van der Waals surface area contributed by atoms with Gasteiger partial charge in [-0.05, 0) is 22.9 Å². The fourth-order valence-electron chi connectivity index (χ4n) is 1.32. The molecule has 3 aromatic rings. The normalized spacial score (nSPS) is 9.60. The van der Waals surface area contributed by atoms with Crippen molar-refractivity contribution in [3.63, 3.8) is 0 Å². The van der Waals surface area contributed by atoms with Gasteiger partial charge in [0.1, 0.15) is 5.82 Å². The van der Waals surface area contributed by atoms with Crippen molar-refractivity contribution in [2.75, 3.05) is 5.73 Å². The van der Waals surface area contributed by atoms with E-state index in [1.165, 1.54) is 5.39 Å².